The van der Waals surface area contributed by atoms with Gasteiger partial charge in [0.25, 0.3) is 5.69 Å². The van der Waals surface area contributed by atoms with Gasteiger partial charge in [0.05, 0.1) is 4.92 Å². The number of benzene rings is 4. The summed E-state index contributed by atoms with van der Waals surface area (Å²) >= 11 is 0. The molecule has 164 valence electrons. The van der Waals surface area contributed by atoms with Gasteiger partial charge < -0.3 is 0 Å². The van der Waals surface area contributed by atoms with Gasteiger partial charge in [-0.25, -0.2) is 0 Å². The van der Waals surface area contributed by atoms with E-state index < -0.39 is 0 Å². The molecule has 4 heteroatoms. The van der Waals surface area contributed by atoms with Crippen molar-refractivity contribution in [2.75, 3.05) is 0 Å². The van der Waals surface area contributed by atoms with Crippen molar-refractivity contribution in [3.63, 3.8) is 0 Å². The number of nitrogens with zero attached hydrogens (tertiary/aromatic N) is 2. The van der Waals surface area contributed by atoms with E-state index in [1.165, 1.54) is 0 Å². The standard InChI is InChI=1S/C30H23N2O2/c33-32(34)28-19-11-10-18-27(28)30-21-26(24-14-6-2-7-15-24)20-29(25-16-8-3-9-17-25)31(30)22-23-12-4-1-5-13-23/h1-21H,22H2/q+1. The van der Waals surface area contributed by atoms with Crippen LogP contribution in [0.3, 0.4) is 0 Å². The van der Waals surface area contributed by atoms with E-state index in [-0.39, 0.29) is 10.6 Å². The van der Waals surface area contributed by atoms with Crippen molar-refractivity contribution in [1.82, 2.24) is 0 Å². The molecule has 4 nitrogen and oxygen atoms in total. The lowest BCUT2D eigenvalue weighted by atomic mass is 9.98. The molecule has 0 atom stereocenters. The molecule has 0 fully saturated rings. The van der Waals surface area contributed by atoms with Gasteiger partial charge in [0.2, 0.25) is 11.4 Å². The number of nitro benzene ring substituents is 1. The lowest BCUT2D eigenvalue weighted by Gasteiger charge is -2.13. The van der Waals surface area contributed by atoms with Crippen molar-refractivity contribution in [2.45, 2.75) is 6.54 Å². The third-order valence-electron chi connectivity index (χ3n) is 5.90. The molecule has 0 spiro atoms. The van der Waals surface area contributed by atoms with Crippen molar-refractivity contribution < 1.29 is 9.49 Å². The number of nitro groups is 1. The van der Waals surface area contributed by atoms with Crippen LogP contribution in [-0.4, -0.2) is 4.92 Å². The van der Waals surface area contributed by atoms with Gasteiger partial charge in [0.1, 0.15) is 5.56 Å². The van der Waals surface area contributed by atoms with Crippen molar-refractivity contribution >= 4 is 5.69 Å². The third-order valence-corrected chi connectivity index (χ3v) is 5.90. The summed E-state index contributed by atoms with van der Waals surface area (Å²) in [5.74, 6) is 0. The van der Waals surface area contributed by atoms with E-state index in [1.807, 2.05) is 66.7 Å². The Labute approximate surface area is 198 Å². The lowest BCUT2D eigenvalue weighted by Crippen LogP contribution is -2.39. The van der Waals surface area contributed by atoms with Crippen molar-refractivity contribution in [1.29, 1.82) is 0 Å². The molecule has 0 aliphatic carbocycles. The number of para-hydroxylation sites is 1. The normalized spacial score (nSPS) is 10.7. The van der Waals surface area contributed by atoms with Crippen LogP contribution >= 0.6 is 0 Å². The first kappa shape index (κ1) is 21.3. The summed E-state index contributed by atoms with van der Waals surface area (Å²) in [6.45, 7) is 0.585. The van der Waals surface area contributed by atoms with Crippen LogP contribution < -0.4 is 4.57 Å². The predicted octanol–water partition coefficient (Wildman–Crippen LogP) is 6.93. The zero-order valence-electron chi connectivity index (χ0n) is 18.5. The lowest BCUT2D eigenvalue weighted by molar-refractivity contribution is -0.666. The average Bonchev–Trinajstić information content (AvgIpc) is 2.90. The molecule has 1 heterocycles. The SMILES string of the molecule is O=[N+]([O-])c1ccccc1-c1cc(-c2ccccc2)cc(-c2ccccc2)[n+]1Cc1ccccc1. The van der Waals surface area contributed by atoms with E-state index in [1.54, 1.807) is 12.1 Å². The van der Waals surface area contributed by atoms with E-state index in [9.17, 15) is 10.1 Å². The topological polar surface area (TPSA) is 47.0 Å². The Balaban J connectivity index is 1.84. The van der Waals surface area contributed by atoms with E-state index in [0.29, 0.717) is 12.1 Å². The van der Waals surface area contributed by atoms with Gasteiger partial charge in [-0.2, -0.15) is 4.57 Å². The molecule has 0 N–H and O–H groups in total. The summed E-state index contributed by atoms with van der Waals surface area (Å²) < 4.78 is 2.18. The molecule has 0 bridgehead atoms. The average molecular weight is 444 g/mol. The minimum atomic E-state index is -0.306. The highest BCUT2D eigenvalue weighted by Crippen LogP contribution is 2.33. The van der Waals surface area contributed by atoms with Gasteiger partial charge in [0.15, 0.2) is 6.54 Å². The minimum Gasteiger partial charge on any atom is -0.258 e. The van der Waals surface area contributed by atoms with Crippen LogP contribution in [-0.2, 0) is 6.54 Å². The van der Waals surface area contributed by atoms with E-state index in [0.717, 1.165) is 33.6 Å². The molecule has 0 radical (unpaired) electrons. The van der Waals surface area contributed by atoms with Crippen LogP contribution in [0.2, 0.25) is 0 Å². The van der Waals surface area contributed by atoms with Crippen molar-refractivity contribution in [3.8, 4) is 33.6 Å². The highest BCUT2D eigenvalue weighted by Gasteiger charge is 2.27. The molecular weight excluding hydrogens is 420 g/mol. The number of rotatable bonds is 6. The second-order valence-corrected chi connectivity index (χ2v) is 8.09. The van der Waals surface area contributed by atoms with Gasteiger partial charge in [-0.15, -0.1) is 0 Å². The smallest absolute Gasteiger partial charge is 0.258 e. The summed E-state index contributed by atoms with van der Waals surface area (Å²) in [5, 5.41) is 12.0. The summed E-state index contributed by atoms with van der Waals surface area (Å²) in [6, 6.07) is 41.7. The Hall–Kier alpha value is -4.57. The maximum absolute atomic E-state index is 12.0. The van der Waals surface area contributed by atoms with Crippen LogP contribution in [0.4, 0.5) is 5.69 Å². The highest BCUT2D eigenvalue weighted by atomic mass is 16.6. The molecule has 0 aliphatic rings. The predicted molar refractivity (Wildman–Crippen MR) is 135 cm³/mol. The Kier molecular flexibility index (Phi) is 5.95. The summed E-state index contributed by atoms with van der Waals surface area (Å²) in [7, 11) is 0. The van der Waals surface area contributed by atoms with Gasteiger partial charge in [-0.05, 0) is 29.3 Å². The molecular formula is C30H23N2O2+. The van der Waals surface area contributed by atoms with E-state index >= 15 is 0 Å². The molecule has 5 aromatic rings. The van der Waals surface area contributed by atoms with Crippen LogP contribution in [0, 0.1) is 10.1 Å². The first-order chi connectivity index (χ1) is 16.7. The Morgan fingerprint density at radius 3 is 1.76 bits per heavy atom. The molecule has 1 aromatic heterocycles. The summed E-state index contributed by atoms with van der Waals surface area (Å²) in [4.78, 5) is 11.7. The molecule has 4 aromatic carbocycles. The van der Waals surface area contributed by atoms with Gasteiger partial charge >= 0.3 is 0 Å². The molecule has 0 saturated heterocycles. The van der Waals surface area contributed by atoms with Gasteiger partial charge in [-0.3, -0.25) is 10.1 Å². The quantitative estimate of drug-likeness (QED) is 0.162. The molecule has 0 saturated carbocycles. The molecule has 0 aliphatic heterocycles. The zero-order chi connectivity index (χ0) is 23.3. The molecule has 34 heavy (non-hydrogen) atoms. The van der Waals surface area contributed by atoms with Gasteiger partial charge in [0, 0.05) is 29.3 Å². The second-order valence-electron chi connectivity index (χ2n) is 8.09. The maximum atomic E-state index is 12.0. The van der Waals surface area contributed by atoms with Crippen LogP contribution in [0.1, 0.15) is 5.56 Å². The Bertz CT molecular complexity index is 1430. The zero-order valence-corrected chi connectivity index (χ0v) is 18.5. The number of aromatic nitrogens is 1. The number of hydrogen-bond acceptors (Lipinski definition) is 2. The fourth-order valence-electron chi connectivity index (χ4n) is 4.28. The third kappa shape index (κ3) is 4.34. The maximum Gasteiger partial charge on any atom is 0.283 e. The highest BCUT2D eigenvalue weighted by molar-refractivity contribution is 5.77. The van der Waals surface area contributed by atoms with Crippen LogP contribution in [0.25, 0.3) is 33.6 Å². The Morgan fingerprint density at radius 2 is 1.12 bits per heavy atom. The fraction of sp³-hybridized carbons (Fsp3) is 0.0333. The first-order valence-electron chi connectivity index (χ1n) is 11.2. The molecule has 5 rings (SSSR count). The van der Waals surface area contributed by atoms with E-state index in [2.05, 4.69) is 53.1 Å². The van der Waals surface area contributed by atoms with E-state index in [4.69, 9.17) is 0 Å². The van der Waals surface area contributed by atoms with Crippen molar-refractivity contribution in [2.24, 2.45) is 0 Å². The van der Waals surface area contributed by atoms with Gasteiger partial charge in [-0.1, -0.05) is 91.0 Å². The summed E-state index contributed by atoms with van der Waals surface area (Å²) in [5.41, 5.74) is 6.73. The first-order valence-corrected chi connectivity index (χ1v) is 11.2. The summed E-state index contributed by atoms with van der Waals surface area (Å²) in [6.07, 6.45) is 0. The largest absolute Gasteiger partial charge is 0.283 e. The minimum absolute atomic E-state index is 0.0912. The second kappa shape index (κ2) is 9.51. The number of hydrogen-bond donors (Lipinski definition) is 0. The molecule has 0 unspecified atom stereocenters. The number of pyridine rings is 1. The van der Waals surface area contributed by atoms with Crippen LogP contribution in [0.15, 0.2) is 127 Å². The fourth-order valence-corrected chi connectivity index (χ4v) is 4.28. The molecule has 0 amide bonds. The van der Waals surface area contributed by atoms with Crippen molar-refractivity contribution in [3.05, 3.63) is 143 Å². The monoisotopic (exact) mass is 443 g/mol. The van der Waals surface area contributed by atoms with Crippen LogP contribution in [0.5, 0.6) is 0 Å². The Morgan fingerprint density at radius 1 is 0.588 bits per heavy atom.